The first kappa shape index (κ1) is 18.7. The Morgan fingerprint density at radius 2 is 1.86 bits per heavy atom. The van der Waals surface area contributed by atoms with Crippen molar-refractivity contribution in [3.8, 4) is 11.1 Å². The Morgan fingerprint density at radius 1 is 1.11 bits per heavy atom. The number of likely N-dealkylation sites (N-methyl/N-ethyl adjacent to an activating group) is 1. The van der Waals surface area contributed by atoms with Crippen LogP contribution in [-0.4, -0.2) is 63.6 Å². The standard InChI is InChI=1S/C21H27N5O2/c1-24-10-8-18-6-7-19(14-24)26(18)21(28)16-4-2-15(3-5-16)17-12-23-25(13-17)11-9-20(22)27/h2-5,12-13,18-19H,6-11,14H2,1H3,(H2,22,27). The molecule has 1 aromatic heterocycles. The molecule has 2 bridgehead atoms. The number of aromatic nitrogens is 2. The highest BCUT2D eigenvalue weighted by molar-refractivity contribution is 5.95. The van der Waals surface area contributed by atoms with Crippen molar-refractivity contribution in [2.75, 3.05) is 20.1 Å². The fraction of sp³-hybridized carbons (Fsp3) is 0.476. The molecule has 2 fully saturated rings. The third-order valence-electron chi connectivity index (χ3n) is 5.91. The zero-order chi connectivity index (χ0) is 19.7. The zero-order valence-electron chi connectivity index (χ0n) is 16.3. The Balaban J connectivity index is 1.47. The Kier molecular flexibility index (Phi) is 5.17. The fourth-order valence-corrected chi connectivity index (χ4v) is 4.39. The molecule has 2 saturated heterocycles. The molecule has 0 radical (unpaired) electrons. The topological polar surface area (TPSA) is 84.5 Å². The highest BCUT2D eigenvalue weighted by Crippen LogP contribution is 2.31. The third-order valence-corrected chi connectivity index (χ3v) is 5.91. The minimum absolute atomic E-state index is 0.145. The third kappa shape index (κ3) is 3.80. The molecule has 2 aliphatic rings. The molecule has 3 heterocycles. The van der Waals surface area contributed by atoms with Crippen molar-refractivity contribution in [3.05, 3.63) is 42.2 Å². The number of carbonyl (C=O) groups excluding carboxylic acids is 2. The maximum absolute atomic E-state index is 13.2. The molecule has 2 aromatic rings. The summed E-state index contributed by atoms with van der Waals surface area (Å²) < 4.78 is 1.71. The van der Waals surface area contributed by atoms with E-state index < -0.39 is 0 Å². The van der Waals surface area contributed by atoms with Crippen LogP contribution >= 0.6 is 0 Å². The van der Waals surface area contributed by atoms with Crippen molar-refractivity contribution in [1.82, 2.24) is 19.6 Å². The molecule has 1 aromatic carbocycles. The molecule has 2 N–H and O–H groups in total. The van der Waals surface area contributed by atoms with Gasteiger partial charge < -0.3 is 15.5 Å². The van der Waals surface area contributed by atoms with Crippen molar-refractivity contribution in [1.29, 1.82) is 0 Å². The van der Waals surface area contributed by atoms with Gasteiger partial charge in [-0.3, -0.25) is 14.3 Å². The van der Waals surface area contributed by atoms with E-state index in [-0.39, 0.29) is 18.2 Å². The summed E-state index contributed by atoms with van der Waals surface area (Å²) in [5.74, 6) is -0.194. The average molecular weight is 381 g/mol. The summed E-state index contributed by atoms with van der Waals surface area (Å²) in [5, 5.41) is 4.27. The summed E-state index contributed by atoms with van der Waals surface area (Å²) in [4.78, 5) is 28.5. The normalized spacial score (nSPS) is 22.2. The molecule has 2 amide bonds. The van der Waals surface area contributed by atoms with Crippen LogP contribution in [0.3, 0.4) is 0 Å². The molecule has 0 aliphatic carbocycles. The summed E-state index contributed by atoms with van der Waals surface area (Å²) in [7, 11) is 2.14. The van der Waals surface area contributed by atoms with Crippen LogP contribution in [0.2, 0.25) is 0 Å². The van der Waals surface area contributed by atoms with Crippen LogP contribution in [0.15, 0.2) is 36.7 Å². The quantitative estimate of drug-likeness (QED) is 0.855. The number of fused-ring (bicyclic) bond motifs is 2. The van der Waals surface area contributed by atoms with E-state index in [4.69, 9.17) is 5.73 Å². The molecule has 2 aliphatic heterocycles. The summed E-state index contributed by atoms with van der Waals surface area (Å²) in [6.07, 6.45) is 7.20. The number of nitrogens with two attached hydrogens (primary N) is 1. The van der Waals surface area contributed by atoms with Crippen LogP contribution in [0.25, 0.3) is 11.1 Å². The van der Waals surface area contributed by atoms with Crippen LogP contribution in [-0.2, 0) is 11.3 Å². The van der Waals surface area contributed by atoms with Crippen molar-refractivity contribution >= 4 is 11.8 Å². The molecule has 7 heteroatoms. The van der Waals surface area contributed by atoms with E-state index in [0.717, 1.165) is 49.0 Å². The van der Waals surface area contributed by atoms with Crippen LogP contribution < -0.4 is 5.73 Å². The van der Waals surface area contributed by atoms with Gasteiger partial charge in [0, 0.05) is 48.9 Å². The molecule has 7 nitrogen and oxygen atoms in total. The van der Waals surface area contributed by atoms with Gasteiger partial charge in [-0.15, -0.1) is 0 Å². The average Bonchev–Trinajstić information content (AvgIpc) is 3.27. The van der Waals surface area contributed by atoms with Gasteiger partial charge in [-0.05, 0) is 50.6 Å². The lowest BCUT2D eigenvalue weighted by molar-refractivity contribution is -0.118. The number of aryl methyl sites for hydroxylation is 1. The van der Waals surface area contributed by atoms with E-state index in [1.54, 1.807) is 10.9 Å². The van der Waals surface area contributed by atoms with Gasteiger partial charge in [0.15, 0.2) is 0 Å². The molecule has 148 valence electrons. The molecule has 4 rings (SSSR count). The van der Waals surface area contributed by atoms with Gasteiger partial charge in [0.25, 0.3) is 5.91 Å². The summed E-state index contributed by atoms with van der Waals surface area (Å²) in [5.41, 5.74) is 7.89. The number of hydrogen-bond acceptors (Lipinski definition) is 4. The van der Waals surface area contributed by atoms with Crippen LogP contribution in [0.5, 0.6) is 0 Å². The predicted octanol–water partition coefficient (Wildman–Crippen LogP) is 1.73. The molecular weight excluding hydrogens is 354 g/mol. The van der Waals surface area contributed by atoms with Gasteiger partial charge in [-0.25, -0.2) is 0 Å². The van der Waals surface area contributed by atoms with Gasteiger partial charge in [0.1, 0.15) is 0 Å². The van der Waals surface area contributed by atoms with E-state index in [1.807, 2.05) is 30.5 Å². The molecule has 2 atom stereocenters. The van der Waals surface area contributed by atoms with Gasteiger partial charge in [-0.1, -0.05) is 12.1 Å². The molecule has 2 unspecified atom stereocenters. The number of likely N-dealkylation sites (tertiary alicyclic amines) is 1. The van der Waals surface area contributed by atoms with Gasteiger partial charge >= 0.3 is 0 Å². The second-order valence-electron chi connectivity index (χ2n) is 7.93. The summed E-state index contributed by atoms with van der Waals surface area (Å²) >= 11 is 0. The fourth-order valence-electron chi connectivity index (χ4n) is 4.39. The summed E-state index contributed by atoms with van der Waals surface area (Å²) in [6, 6.07) is 8.45. The van der Waals surface area contributed by atoms with E-state index in [2.05, 4.69) is 21.9 Å². The van der Waals surface area contributed by atoms with E-state index >= 15 is 0 Å². The number of carbonyl (C=O) groups is 2. The van der Waals surface area contributed by atoms with Crippen molar-refractivity contribution in [3.63, 3.8) is 0 Å². The molecule has 0 spiro atoms. The minimum atomic E-state index is -0.339. The highest BCUT2D eigenvalue weighted by Gasteiger charge is 2.39. The van der Waals surface area contributed by atoms with E-state index in [1.165, 1.54) is 0 Å². The molecular formula is C21H27N5O2. The Bertz CT molecular complexity index is 860. The van der Waals surface area contributed by atoms with Crippen molar-refractivity contribution in [2.24, 2.45) is 5.73 Å². The number of amides is 2. The molecule has 0 saturated carbocycles. The maximum Gasteiger partial charge on any atom is 0.254 e. The minimum Gasteiger partial charge on any atom is -0.370 e. The first-order valence-electron chi connectivity index (χ1n) is 9.93. The number of primary amides is 1. The van der Waals surface area contributed by atoms with Crippen LogP contribution in [0, 0.1) is 0 Å². The SMILES string of the molecule is CN1CCC2CCC(C1)N2C(=O)c1ccc(-c2cnn(CCC(N)=O)c2)cc1. The van der Waals surface area contributed by atoms with Crippen LogP contribution in [0.4, 0.5) is 0 Å². The predicted molar refractivity (Wildman–Crippen MR) is 107 cm³/mol. The van der Waals surface area contributed by atoms with Gasteiger partial charge in [-0.2, -0.15) is 5.10 Å². The second kappa shape index (κ2) is 7.75. The smallest absolute Gasteiger partial charge is 0.254 e. The Labute approximate surface area is 165 Å². The van der Waals surface area contributed by atoms with Gasteiger partial charge in [0.05, 0.1) is 6.20 Å². The second-order valence-corrected chi connectivity index (χ2v) is 7.93. The van der Waals surface area contributed by atoms with Crippen molar-refractivity contribution < 1.29 is 9.59 Å². The number of hydrogen-bond donors (Lipinski definition) is 1. The number of nitrogens with zero attached hydrogens (tertiary/aromatic N) is 4. The summed E-state index contributed by atoms with van der Waals surface area (Å²) in [6.45, 7) is 2.49. The molecule has 28 heavy (non-hydrogen) atoms. The Morgan fingerprint density at radius 3 is 2.61 bits per heavy atom. The largest absolute Gasteiger partial charge is 0.370 e. The lowest BCUT2D eigenvalue weighted by Gasteiger charge is -2.28. The highest BCUT2D eigenvalue weighted by atomic mass is 16.2. The van der Waals surface area contributed by atoms with E-state index in [9.17, 15) is 9.59 Å². The first-order chi connectivity index (χ1) is 13.5. The van der Waals surface area contributed by atoms with Crippen LogP contribution in [0.1, 0.15) is 36.0 Å². The van der Waals surface area contributed by atoms with Gasteiger partial charge in [0.2, 0.25) is 5.91 Å². The van der Waals surface area contributed by atoms with Crippen molar-refractivity contribution in [2.45, 2.75) is 44.3 Å². The zero-order valence-corrected chi connectivity index (χ0v) is 16.3. The number of benzene rings is 1. The van der Waals surface area contributed by atoms with E-state index in [0.29, 0.717) is 18.6 Å². The maximum atomic E-state index is 13.2. The Hall–Kier alpha value is -2.67. The monoisotopic (exact) mass is 381 g/mol. The lowest BCUT2D eigenvalue weighted by Crippen LogP contribution is -2.42. The first-order valence-corrected chi connectivity index (χ1v) is 9.93. The lowest BCUT2D eigenvalue weighted by atomic mass is 10.1. The number of rotatable bonds is 5.